The maximum atomic E-state index is 3.52. The van der Waals surface area contributed by atoms with Crippen molar-refractivity contribution in [2.24, 2.45) is 11.8 Å². The van der Waals surface area contributed by atoms with Crippen LogP contribution in [-0.2, 0) is 6.42 Å². The Hall–Kier alpha value is -1.34. The second-order valence-electron chi connectivity index (χ2n) is 5.62. The van der Waals surface area contributed by atoms with Crippen LogP contribution in [0.2, 0.25) is 0 Å². The number of hydrogen-bond donors (Lipinski definition) is 1. The fourth-order valence-electron chi connectivity index (χ4n) is 3.00. The van der Waals surface area contributed by atoms with Gasteiger partial charge in [-0.05, 0) is 54.1 Å². The molecular weight excluding hydrogens is 218 g/mol. The van der Waals surface area contributed by atoms with Crippen LogP contribution in [0.1, 0.15) is 18.9 Å². The Morgan fingerprint density at radius 2 is 1.94 bits per heavy atom. The summed E-state index contributed by atoms with van der Waals surface area (Å²) in [6.07, 6.45) is 2.53. The van der Waals surface area contributed by atoms with Crippen molar-refractivity contribution in [2.45, 2.75) is 19.8 Å². The topological polar surface area (TPSA) is 12.0 Å². The van der Waals surface area contributed by atoms with Gasteiger partial charge < -0.3 is 5.32 Å². The van der Waals surface area contributed by atoms with Crippen LogP contribution in [0.3, 0.4) is 0 Å². The summed E-state index contributed by atoms with van der Waals surface area (Å²) >= 11 is 0. The molecule has 1 nitrogen and oxygen atoms in total. The van der Waals surface area contributed by atoms with Gasteiger partial charge in [0.2, 0.25) is 0 Å². The molecule has 0 aliphatic carbocycles. The second kappa shape index (κ2) is 5.11. The molecule has 2 unspecified atom stereocenters. The highest BCUT2D eigenvalue weighted by atomic mass is 14.9. The van der Waals surface area contributed by atoms with Crippen LogP contribution in [0.15, 0.2) is 42.5 Å². The van der Waals surface area contributed by atoms with Crippen molar-refractivity contribution in [1.29, 1.82) is 0 Å². The van der Waals surface area contributed by atoms with Gasteiger partial charge in [0.25, 0.3) is 0 Å². The third kappa shape index (κ3) is 2.41. The molecule has 1 aliphatic heterocycles. The number of nitrogens with one attached hydrogen (secondary N) is 1. The number of hydrogen-bond acceptors (Lipinski definition) is 1. The van der Waals surface area contributed by atoms with Gasteiger partial charge in [-0.15, -0.1) is 0 Å². The van der Waals surface area contributed by atoms with Gasteiger partial charge in [-0.1, -0.05) is 49.4 Å². The second-order valence-corrected chi connectivity index (χ2v) is 5.62. The lowest BCUT2D eigenvalue weighted by Crippen LogP contribution is -2.36. The Kier molecular flexibility index (Phi) is 3.33. The highest BCUT2D eigenvalue weighted by Crippen LogP contribution is 2.24. The van der Waals surface area contributed by atoms with E-state index >= 15 is 0 Å². The van der Waals surface area contributed by atoms with E-state index in [4.69, 9.17) is 0 Å². The molecule has 1 N–H and O–H groups in total. The normalized spacial score (nSPS) is 24.3. The lowest BCUT2D eigenvalue weighted by Gasteiger charge is -2.29. The highest BCUT2D eigenvalue weighted by Gasteiger charge is 2.20. The van der Waals surface area contributed by atoms with Gasteiger partial charge in [0.05, 0.1) is 0 Å². The van der Waals surface area contributed by atoms with E-state index in [2.05, 4.69) is 54.7 Å². The van der Waals surface area contributed by atoms with Crippen molar-refractivity contribution in [3.05, 3.63) is 48.0 Å². The van der Waals surface area contributed by atoms with E-state index in [0.717, 1.165) is 11.8 Å². The molecule has 0 bridgehead atoms. The molecule has 94 valence electrons. The predicted octanol–water partition coefficient (Wildman–Crippen LogP) is 3.63. The molecule has 1 saturated heterocycles. The molecule has 0 spiro atoms. The van der Waals surface area contributed by atoms with Crippen LogP contribution in [0, 0.1) is 11.8 Å². The van der Waals surface area contributed by atoms with E-state index in [-0.39, 0.29) is 0 Å². The van der Waals surface area contributed by atoms with Crippen LogP contribution < -0.4 is 5.32 Å². The van der Waals surface area contributed by atoms with E-state index in [1.165, 1.54) is 42.3 Å². The molecule has 1 fully saturated rings. The lowest BCUT2D eigenvalue weighted by molar-refractivity contribution is 0.273. The lowest BCUT2D eigenvalue weighted by atomic mass is 9.83. The molecular formula is C17H21N. The van der Waals surface area contributed by atoms with Crippen LogP contribution >= 0.6 is 0 Å². The van der Waals surface area contributed by atoms with Crippen molar-refractivity contribution < 1.29 is 0 Å². The maximum Gasteiger partial charge on any atom is -0.00148 e. The van der Waals surface area contributed by atoms with Crippen molar-refractivity contribution in [3.63, 3.8) is 0 Å². The summed E-state index contributed by atoms with van der Waals surface area (Å²) in [5, 5.41) is 6.23. The zero-order valence-corrected chi connectivity index (χ0v) is 11.0. The summed E-state index contributed by atoms with van der Waals surface area (Å²) in [5.41, 5.74) is 1.48. The van der Waals surface area contributed by atoms with Crippen molar-refractivity contribution in [3.8, 4) is 0 Å². The SMILES string of the molecule is CC1CCNCC1Cc1ccc2ccccc2c1. The average molecular weight is 239 g/mol. The van der Waals surface area contributed by atoms with E-state index in [0.29, 0.717) is 0 Å². The van der Waals surface area contributed by atoms with Crippen molar-refractivity contribution in [2.75, 3.05) is 13.1 Å². The van der Waals surface area contributed by atoms with Gasteiger partial charge in [-0.2, -0.15) is 0 Å². The Morgan fingerprint density at radius 3 is 2.78 bits per heavy atom. The van der Waals surface area contributed by atoms with Gasteiger partial charge in [0.15, 0.2) is 0 Å². The molecule has 3 rings (SSSR count). The molecule has 1 heterocycles. The molecule has 0 amide bonds. The minimum absolute atomic E-state index is 0.792. The molecule has 2 aromatic rings. The zero-order chi connectivity index (χ0) is 12.4. The molecule has 2 atom stereocenters. The van der Waals surface area contributed by atoms with Crippen LogP contribution in [-0.4, -0.2) is 13.1 Å². The third-order valence-electron chi connectivity index (χ3n) is 4.30. The van der Waals surface area contributed by atoms with E-state index in [1.54, 1.807) is 0 Å². The number of rotatable bonds is 2. The Balaban J connectivity index is 1.81. The average Bonchev–Trinajstić information content (AvgIpc) is 2.41. The van der Waals surface area contributed by atoms with Crippen LogP contribution in [0.5, 0.6) is 0 Å². The molecule has 18 heavy (non-hydrogen) atoms. The fraction of sp³-hybridized carbons (Fsp3) is 0.412. The summed E-state index contributed by atoms with van der Waals surface area (Å²) in [5.74, 6) is 1.64. The van der Waals surface area contributed by atoms with Crippen molar-refractivity contribution >= 4 is 10.8 Å². The van der Waals surface area contributed by atoms with Gasteiger partial charge in [0, 0.05) is 0 Å². The Morgan fingerprint density at radius 1 is 1.11 bits per heavy atom. The first-order chi connectivity index (χ1) is 8.83. The molecule has 0 aromatic heterocycles. The van der Waals surface area contributed by atoms with Crippen LogP contribution in [0.25, 0.3) is 10.8 Å². The smallest absolute Gasteiger partial charge is 0.00148 e. The van der Waals surface area contributed by atoms with Crippen molar-refractivity contribution in [1.82, 2.24) is 5.32 Å². The molecule has 1 aliphatic rings. The number of piperidine rings is 1. The first-order valence-electron chi connectivity index (χ1n) is 7.01. The quantitative estimate of drug-likeness (QED) is 0.844. The first-order valence-corrected chi connectivity index (χ1v) is 7.01. The Bertz CT molecular complexity index is 532. The predicted molar refractivity (Wildman–Crippen MR) is 77.8 cm³/mol. The number of benzene rings is 2. The van der Waals surface area contributed by atoms with Gasteiger partial charge in [-0.25, -0.2) is 0 Å². The fourth-order valence-corrected chi connectivity index (χ4v) is 3.00. The van der Waals surface area contributed by atoms with Gasteiger partial charge in [-0.3, -0.25) is 0 Å². The maximum absolute atomic E-state index is 3.52. The standard InChI is InChI=1S/C17H21N/c1-13-8-9-18-12-17(13)11-14-6-7-15-4-2-3-5-16(15)10-14/h2-7,10,13,17-18H,8-9,11-12H2,1H3. The Labute approximate surface area is 109 Å². The first kappa shape index (κ1) is 11.7. The summed E-state index contributed by atoms with van der Waals surface area (Å²) in [4.78, 5) is 0. The summed E-state index contributed by atoms with van der Waals surface area (Å²) in [6.45, 7) is 4.76. The molecule has 2 aromatic carbocycles. The zero-order valence-electron chi connectivity index (χ0n) is 11.0. The van der Waals surface area contributed by atoms with E-state index in [1.807, 2.05) is 0 Å². The molecule has 0 saturated carbocycles. The summed E-state index contributed by atoms with van der Waals surface area (Å²) < 4.78 is 0. The summed E-state index contributed by atoms with van der Waals surface area (Å²) in [7, 11) is 0. The highest BCUT2D eigenvalue weighted by molar-refractivity contribution is 5.82. The van der Waals surface area contributed by atoms with E-state index < -0.39 is 0 Å². The van der Waals surface area contributed by atoms with E-state index in [9.17, 15) is 0 Å². The molecule has 1 heteroatoms. The summed E-state index contributed by atoms with van der Waals surface area (Å²) in [6, 6.07) is 15.5. The molecule has 0 radical (unpaired) electrons. The largest absolute Gasteiger partial charge is 0.316 e. The third-order valence-corrected chi connectivity index (χ3v) is 4.30. The van der Waals surface area contributed by atoms with Crippen LogP contribution in [0.4, 0.5) is 0 Å². The minimum Gasteiger partial charge on any atom is -0.316 e. The van der Waals surface area contributed by atoms with Gasteiger partial charge in [0.1, 0.15) is 0 Å². The van der Waals surface area contributed by atoms with Gasteiger partial charge >= 0.3 is 0 Å². The monoisotopic (exact) mass is 239 g/mol. The number of fused-ring (bicyclic) bond motifs is 1. The minimum atomic E-state index is 0.792.